The van der Waals surface area contributed by atoms with Gasteiger partial charge in [-0.15, -0.1) is 0 Å². The van der Waals surface area contributed by atoms with Gasteiger partial charge >= 0.3 is 0 Å². The van der Waals surface area contributed by atoms with Crippen molar-refractivity contribution in [3.8, 4) is 0 Å². The van der Waals surface area contributed by atoms with Crippen molar-refractivity contribution in [1.29, 1.82) is 0 Å². The Hall–Kier alpha value is -2.33. The molecule has 0 aromatic heterocycles. The molecule has 4 nitrogen and oxygen atoms in total. The fraction of sp³-hybridized carbons (Fsp3) is 0.300. The minimum atomic E-state index is -1.24. The summed E-state index contributed by atoms with van der Waals surface area (Å²) < 4.78 is 0. The molecule has 0 saturated heterocycles. The van der Waals surface area contributed by atoms with Crippen molar-refractivity contribution >= 4 is 34.8 Å². The number of aryl methyl sites for hydroxylation is 2. The predicted molar refractivity (Wildman–Crippen MR) is 103 cm³/mol. The van der Waals surface area contributed by atoms with E-state index in [1.807, 2.05) is 44.2 Å². The van der Waals surface area contributed by atoms with Crippen LogP contribution in [-0.2, 0) is 16.0 Å². The highest BCUT2D eigenvalue weighted by Crippen LogP contribution is 2.25. The van der Waals surface area contributed by atoms with E-state index >= 15 is 0 Å². The Morgan fingerprint density at radius 1 is 1.04 bits per heavy atom. The quantitative estimate of drug-likeness (QED) is 0.753. The summed E-state index contributed by atoms with van der Waals surface area (Å²) in [5, 5.41) is 6.19. The molecule has 0 saturated carbocycles. The van der Waals surface area contributed by atoms with Crippen LogP contribution in [0, 0.1) is 12.3 Å². The summed E-state index contributed by atoms with van der Waals surface area (Å²) in [4.78, 5) is 25.3. The molecule has 0 bridgehead atoms. The first-order chi connectivity index (χ1) is 11.8. The number of hydrogen-bond acceptors (Lipinski definition) is 2. The van der Waals surface area contributed by atoms with E-state index in [-0.39, 0.29) is 11.8 Å². The Morgan fingerprint density at radius 2 is 1.68 bits per heavy atom. The molecule has 0 aliphatic rings. The van der Waals surface area contributed by atoms with Crippen LogP contribution in [-0.4, -0.2) is 11.8 Å². The van der Waals surface area contributed by atoms with E-state index in [1.165, 1.54) is 0 Å². The summed E-state index contributed by atoms with van der Waals surface area (Å²) >= 11 is 6.08. The molecular formula is C20H23ClN2O2. The Labute approximate surface area is 153 Å². The van der Waals surface area contributed by atoms with E-state index < -0.39 is 5.41 Å². The largest absolute Gasteiger partial charge is 0.325 e. The minimum absolute atomic E-state index is 0.357. The minimum Gasteiger partial charge on any atom is -0.325 e. The summed E-state index contributed by atoms with van der Waals surface area (Å²) in [6.45, 7) is 7.10. The van der Waals surface area contributed by atoms with Crippen LogP contribution in [0.5, 0.6) is 0 Å². The Balaban J connectivity index is 2.14. The van der Waals surface area contributed by atoms with Gasteiger partial charge in [-0.1, -0.05) is 42.8 Å². The number of carbonyl (C=O) groups excluding carboxylic acids is 2. The lowest BCUT2D eigenvalue weighted by Gasteiger charge is -2.23. The van der Waals surface area contributed by atoms with Gasteiger partial charge in [0.15, 0.2) is 0 Å². The van der Waals surface area contributed by atoms with Crippen LogP contribution in [0.3, 0.4) is 0 Å². The molecule has 0 heterocycles. The lowest BCUT2D eigenvalue weighted by Crippen LogP contribution is -2.41. The van der Waals surface area contributed by atoms with E-state index in [9.17, 15) is 9.59 Å². The fourth-order valence-corrected chi connectivity index (χ4v) is 2.47. The van der Waals surface area contributed by atoms with Gasteiger partial charge in [0.25, 0.3) is 0 Å². The average molecular weight is 359 g/mol. The van der Waals surface area contributed by atoms with Gasteiger partial charge in [-0.05, 0) is 56.5 Å². The highest BCUT2D eigenvalue weighted by molar-refractivity contribution is 6.31. The Kier molecular flexibility index (Phi) is 5.85. The van der Waals surface area contributed by atoms with Gasteiger partial charge in [-0.2, -0.15) is 0 Å². The average Bonchev–Trinajstić information content (AvgIpc) is 2.58. The van der Waals surface area contributed by atoms with E-state index in [0.29, 0.717) is 10.7 Å². The standard InChI is InChI=1S/C20H23ClN2O2/c1-5-14-8-6-7-9-17(14)23-19(25)20(3,4)18(24)22-15-11-10-13(2)16(21)12-15/h6-12H,5H2,1-4H3,(H,22,24)(H,23,25). The zero-order valence-corrected chi connectivity index (χ0v) is 15.7. The second kappa shape index (κ2) is 7.70. The molecule has 5 heteroatoms. The van der Waals surface area contributed by atoms with Gasteiger partial charge < -0.3 is 10.6 Å². The first-order valence-corrected chi connectivity index (χ1v) is 8.60. The predicted octanol–water partition coefficient (Wildman–Crippen LogP) is 4.81. The molecule has 25 heavy (non-hydrogen) atoms. The van der Waals surface area contributed by atoms with Crippen molar-refractivity contribution in [3.63, 3.8) is 0 Å². The van der Waals surface area contributed by atoms with Crippen LogP contribution in [0.4, 0.5) is 11.4 Å². The normalized spacial score (nSPS) is 11.1. The number of anilines is 2. The van der Waals surface area contributed by atoms with Crippen molar-refractivity contribution in [2.75, 3.05) is 10.6 Å². The molecule has 2 aromatic rings. The van der Waals surface area contributed by atoms with Gasteiger partial charge in [0.1, 0.15) is 5.41 Å². The monoisotopic (exact) mass is 358 g/mol. The molecule has 2 N–H and O–H groups in total. The summed E-state index contributed by atoms with van der Waals surface area (Å²) in [5.41, 5.74) is 2.01. The molecule has 0 aliphatic carbocycles. The van der Waals surface area contributed by atoms with Crippen LogP contribution in [0.15, 0.2) is 42.5 Å². The Bertz CT molecular complexity index is 800. The van der Waals surface area contributed by atoms with Crippen molar-refractivity contribution in [1.82, 2.24) is 0 Å². The number of para-hydroxylation sites is 1. The van der Waals surface area contributed by atoms with E-state index in [2.05, 4.69) is 10.6 Å². The zero-order valence-electron chi connectivity index (χ0n) is 14.9. The summed E-state index contributed by atoms with van der Waals surface area (Å²) in [6, 6.07) is 12.8. The fourth-order valence-electron chi connectivity index (χ4n) is 2.29. The van der Waals surface area contributed by atoms with Crippen LogP contribution in [0.2, 0.25) is 5.02 Å². The highest BCUT2D eigenvalue weighted by atomic mass is 35.5. The van der Waals surface area contributed by atoms with Crippen molar-refractivity contribution in [2.24, 2.45) is 5.41 Å². The number of rotatable bonds is 5. The van der Waals surface area contributed by atoms with Crippen molar-refractivity contribution in [2.45, 2.75) is 34.1 Å². The first-order valence-electron chi connectivity index (χ1n) is 8.22. The van der Waals surface area contributed by atoms with E-state index in [4.69, 9.17) is 11.6 Å². The molecule has 0 spiro atoms. The summed E-state index contributed by atoms with van der Waals surface area (Å²) in [5.74, 6) is -0.747. The SMILES string of the molecule is CCc1ccccc1NC(=O)C(C)(C)C(=O)Nc1ccc(C)c(Cl)c1. The summed E-state index contributed by atoms with van der Waals surface area (Å²) in [6.07, 6.45) is 0.797. The lowest BCUT2D eigenvalue weighted by molar-refractivity contribution is -0.135. The Morgan fingerprint density at radius 3 is 2.32 bits per heavy atom. The topological polar surface area (TPSA) is 58.2 Å². The maximum Gasteiger partial charge on any atom is 0.239 e. The maximum absolute atomic E-state index is 12.7. The van der Waals surface area contributed by atoms with Gasteiger partial charge in [0, 0.05) is 16.4 Å². The number of benzene rings is 2. The number of nitrogens with one attached hydrogen (secondary N) is 2. The molecule has 2 aromatic carbocycles. The lowest BCUT2D eigenvalue weighted by atomic mass is 9.90. The van der Waals surface area contributed by atoms with Crippen LogP contribution >= 0.6 is 11.6 Å². The van der Waals surface area contributed by atoms with Gasteiger partial charge in [0.2, 0.25) is 11.8 Å². The van der Waals surface area contributed by atoms with E-state index in [0.717, 1.165) is 23.2 Å². The maximum atomic E-state index is 12.7. The molecule has 0 aliphatic heterocycles. The molecule has 2 amide bonds. The second-order valence-electron chi connectivity index (χ2n) is 6.51. The molecule has 0 fully saturated rings. The number of amides is 2. The molecule has 132 valence electrons. The van der Waals surface area contributed by atoms with Crippen LogP contribution in [0.1, 0.15) is 31.9 Å². The number of hydrogen-bond donors (Lipinski definition) is 2. The molecular weight excluding hydrogens is 336 g/mol. The van der Waals surface area contributed by atoms with Crippen LogP contribution in [0.25, 0.3) is 0 Å². The van der Waals surface area contributed by atoms with Gasteiger partial charge in [0.05, 0.1) is 0 Å². The zero-order chi connectivity index (χ0) is 18.6. The third-order valence-electron chi connectivity index (χ3n) is 4.21. The molecule has 2 rings (SSSR count). The van der Waals surface area contributed by atoms with E-state index in [1.54, 1.807) is 26.0 Å². The van der Waals surface area contributed by atoms with Crippen molar-refractivity contribution in [3.05, 3.63) is 58.6 Å². The highest BCUT2D eigenvalue weighted by Gasteiger charge is 2.36. The number of halogens is 1. The second-order valence-corrected chi connectivity index (χ2v) is 6.92. The van der Waals surface area contributed by atoms with Crippen molar-refractivity contribution < 1.29 is 9.59 Å². The smallest absolute Gasteiger partial charge is 0.239 e. The third kappa shape index (κ3) is 4.40. The van der Waals surface area contributed by atoms with Crippen LogP contribution < -0.4 is 10.6 Å². The number of carbonyl (C=O) groups is 2. The molecule has 0 radical (unpaired) electrons. The van der Waals surface area contributed by atoms with Gasteiger partial charge in [-0.25, -0.2) is 0 Å². The summed E-state index contributed by atoms with van der Waals surface area (Å²) in [7, 11) is 0. The molecule has 0 atom stereocenters. The van der Waals surface area contributed by atoms with Gasteiger partial charge in [-0.3, -0.25) is 9.59 Å². The first kappa shape index (κ1) is 19.0. The third-order valence-corrected chi connectivity index (χ3v) is 4.62. The molecule has 0 unspecified atom stereocenters.